The van der Waals surface area contributed by atoms with Crippen LogP contribution in [0.3, 0.4) is 0 Å². The van der Waals surface area contributed by atoms with Crippen molar-refractivity contribution in [2.45, 2.75) is 18.8 Å². The Bertz CT molecular complexity index is 1130. The molecule has 2 heterocycles. The molecule has 2 aromatic carbocycles. The Balaban J connectivity index is 1.85. The third-order valence-corrected chi connectivity index (χ3v) is 4.95. The zero-order valence-corrected chi connectivity index (χ0v) is 14.1. The van der Waals surface area contributed by atoms with Crippen LogP contribution in [0.4, 0.5) is 0 Å². The number of rotatable bonds is 3. The molecule has 0 bridgehead atoms. The molecule has 26 heavy (non-hydrogen) atoms. The lowest BCUT2D eigenvalue weighted by Crippen LogP contribution is -1.98. The lowest BCUT2D eigenvalue weighted by Gasteiger charge is -2.11. The summed E-state index contributed by atoms with van der Waals surface area (Å²) in [5, 5.41) is 18.6. The Morgan fingerprint density at radius 3 is 2.19 bits per heavy atom. The summed E-state index contributed by atoms with van der Waals surface area (Å²) in [4.78, 5) is 4.77. The van der Waals surface area contributed by atoms with Gasteiger partial charge in [-0.3, -0.25) is 5.10 Å². The minimum Gasteiger partial charge on any atom is -0.275 e. The highest BCUT2D eigenvalue weighted by atomic mass is 15.2. The molecule has 2 aromatic heterocycles. The molecule has 0 aliphatic heterocycles. The highest BCUT2D eigenvalue weighted by Gasteiger charge is 2.32. The second-order valence-corrected chi connectivity index (χ2v) is 6.66. The maximum Gasteiger partial charge on any atom is 0.182 e. The molecule has 1 fully saturated rings. The molecule has 4 heteroatoms. The molecule has 5 rings (SSSR count). The van der Waals surface area contributed by atoms with E-state index < -0.39 is 0 Å². The van der Waals surface area contributed by atoms with Crippen LogP contribution in [-0.4, -0.2) is 15.2 Å². The fraction of sp³-hybridized carbons (Fsp3) is 0.136. The van der Waals surface area contributed by atoms with Crippen LogP contribution in [0, 0.1) is 11.3 Å². The van der Waals surface area contributed by atoms with Crippen molar-refractivity contribution in [3.8, 4) is 28.6 Å². The van der Waals surface area contributed by atoms with Crippen molar-refractivity contribution in [1.82, 2.24) is 15.2 Å². The van der Waals surface area contributed by atoms with Gasteiger partial charge < -0.3 is 0 Å². The second kappa shape index (κ2) is 5.82. The molecule has 1 aliphatic carbocycles. The van der Waals surface area contributed by atoms with E-state index in [-0.39, 0.29) is 0 Å². The minimum atomic E-state index is 0.415. The van der Waals surface area contributed by atoms with Gasteiger partial charge in [0.1, 0.15) is 6.07 Å². The number of nitrogens with zero attached hydrogens (tertiary/aromatic N) is 3. The van der Waals surface area contributed by atoms with E-state index in [1.165, 1.54) is 0 Å². The molecule has 0 saturated heterocycles. The number of benzene rings is 2. The first-order valence-electron chi connectivity index (χ1n) is 8.79. The molecule has 124 valence electrons. The Labute approximate surface area is 151 Å². The van der Waals surface area contributed by atoms with Gasteiger partial charge in [0.05, 0.1) is 22.3 Å². The van der Waals surface area contributed by atoms with Crippen molar-refractivity contribution >= 4 is 11.0 Å². The molecule has 0 amide bonds. The normalized spacial score (nSPS) is 13.7. The highest BCUT2D eigenvalue weighted by Crippen LogP contribution is 2.48. The Kier molecular flexibility index (Phi) is 3.32. The van der Waals surface area contributed by atoms with Crippen molar-refractivity contribution in [1.29, 1.82) is 5.26 Å². The first-order chi connectivity index (χ1) is 12.9. The quantitative estimate of drug-likeness (QED) is 0.570. The van der Waals surface area contributed by atoms with E-state index in [9.17, 15) is 5.26 Å². The number of pyridine rings is 1. The zero-order valence-electron chi connectivity index (χ0n) is 14.1. The van der Waals surface area contributed by atoms with Gasteiger partial charge in [-0.05, 0) is 24.3 Å². The molecule has 1 aliphatic rings. The van der Waals surface area contributed by atoms with E-state index in [4.69, 9.17) is 4.98 Å². The summed E-state index contributed by atoms with van der Waals surface area (Å²) in [7, 11) is 0. The molecule has 1 N–H and O–H groups in total. The van der Waals surface area contributed by atoms with Crippen molar-refractivity contribution < 1.29 is 0 Å². The Morgan fingerprint density at radius 2 is 1.58 bits per heavy atom. The van der Waals surface area contributed by atoms with Crippen LogP contribution in [-0.2, 0) is 0 Å². The van der Waals surface area contributed by atoms with Gasteiger partial charge in [0, 0.05) is 11.1 Å². The van der Waals surface area contributed by atoms with Crippen LogP contribution in [0.25, 0.3) is 33.5 Å². The van der Waals surface area contributed by atoms with Gasteiger partial charge in [-0.2, -0.15) is 10.4 Å². The number of hydrogen-bond donors (Lipinski definition) is 1. The number of nitriles is 1. The van der Waals surface area contributed by atoms with Crippen LogP contribution in [0.1, 0.15) is 29.9 Å². The van der Waals surface area contributed by atoms with Crippen LogP contribution in [0.2, 0.25) is 0 Å². The number of hydrogen-bond acceptors (Lipinski definition) is 3. The summed E-state index contributed by atoms with van der Waals surface area (Å²) < 4.78 is 0. The van der Waals surface area contributed by atoms with Gasteiger partial charge in [0.2, 0.25) is 0 Å². The molecule has 0 unspecified atom stereocenters. The monoisotopic (exact) mass is 336 g/mol. The summed E-state index contributed by atoms with van der Waals surface area (Å²) in [6.07, 6.45) is 2.23. The van der Waals surface area contributed by atoms with E-state index in [2.05, 4.69) is 28.4 Å². The van der Waals surface area contributed by atoms with Crippen molar-refractivity contribution in [2.24, 2.45) is 0 Å². The van der Waals surface area contributed by atoms with Crippen molar-refractivity contribution in [2.75, 3.05) is 0 Å². The highest BCUT2D eigenvalue weighted by molar-refractivity contribution is 5.97. The third-order valence-electron chi connectivity index (χ3n) is 4.95. The molecule has 0 spiro atoms. The van der Waals surface area contributed by atoms with Gasteiger partial charge >= 0.3 is 0 Å². The number of nitrogens with one attached hydrogen (secondary N) is 1. The van der Waals surface area contributed by atoms with Crippen molar-refractivity contribution in [3.05, 3.63) is 71.8 Å². The van der Waals surface area contributed by atoms with E-state index in [1.54, 1.807) is 0 Å². The van der Waals surface area contributed by atoms with Crippen LogP contribution < -0.4 is 0 Å². The summed E-state index contributed by atoms with van der Waals surface area (Å²) in [6.45, 7) is 0. The molecule has 4 aromatic rings. The average molecular weight is 336 g/mol. The molecule has 1 saturated carbocycles. The first kappa shape index (κ1) is 14.9. The summed E-state index contributed by atoms with van der Waals surface area (Å²) in [5.74, 6) is 0.415. The summed E-state index contributed by atoms with van der Waals surface area (Å²) in [5.41, 5.74) is 6.17. The van der Waals surface area contributed by atoms with Crippen LogP contribution in [0.15, 0.2) is 60.7 Å². The fourth-order valence-electron chi connectivity index (χ4n) is 3.59. The average Bonchev–Trinajstić information content (AvgIpc) is 3.46. The van der Waals surface area contributed by atoms with Gasteiger partial charge in [-0.25, -0.2) is 4.98 Å². The fourth-order valence-corrected chi connectivity index (χ4v) is 3.59. The molecule has 4 nitrogen and oxygen atoms in total. The molecule has 0 atom stereocenters. The van der Waals surface area contributed by atoms with Crippen LogP contribution in [0.5, 0.6) is 0 Å². The third kappa shape index (κ3) is 2.29. The van der Waals surface area contributed by atoms with E-state index >= 15 is 0 Å². The maximum absolute atomic E-state index is 9.98. The van der Waals surface area contributed by atoms with Gasteiger partial charge in [-0.15, -0.1) is 0 Å². The lowest BCUT2D eigenvalue weighted by molar-refractivity contribution is 1.10. The molecular weight excluding hydrogens is 320 g/mol. The minimum absolute atomic E-state index is 0.415. The lowest BCUT2D eigenvalue weighted by atomic mass is 9.94. The first-order valence-corrected chi connectivity index (χ1v) is 8.79. The molecular formula is C22H16N4. The summed E-state index contributed by atoms with van der Waals surface area (Å²) >= 11 is 0. The van der Waals surface area contributed by atoms with E-state index in [1.807, 2.05) is 48.5 Å². The number of aromatic amines is 1. The zero-order chi connectivity index (χ0) is 17.5. The van der Waals surface area contributed by atoms with Gasteiger partial charge in [-0.1, -0.05) is 60.7 Å². The smallest absolute Gasteiger partial charge is 0.182 e. The molecule has 0 radical (unpaired) electrons. The van der Waals surface area contributed by atoms with E-state index in [0.29, 0.717) is 17.1 Å². The predicted molar refractivity (Wildman–Crippen MR) is 101 cm³/mol. The number of fused-ring (bicyclic) bond motifs is 1. The SMILES string of the molecule is N#Cc1c(-c2ccccc2)nc2n[nH]c(-c3ccccc3)c2c1C1CC1. The Morgan fingerprint density at radius 1 is 0.923 bits per heavy atom. The van der Waals surface area contributed by atoms with Crippen molar-refractivity contribution in [3.63, 3.8) is 0 Å². The Hall–Kier alpha value is -3.45. The number of aromatic nitrogens is 3. The van der Waals surface area contributed by atoms with E-state index in [0.717, 1.165) is 46.3 Å². The second-order valence-electron chi connectivity index (χ2n) is 6.66. The predicted octanol–water partition coefficient (Wildman–Crippen LogP) is 5.04. The summed E-state index contributed by atoms with van der Waals surface area (Å²) in [6, 6.07) is 22.5. The standard InChI is InChI=1S/C22H16N4/c23-13-17-18(14-11-12-14)19-21(16-9-5-2-6-10-16)25-26-22(19)24-20(17)15-7-3-1-4-8-15/h1-10,14H,11-12H2,(H,24,25,26). The maximum atomic E-state index is 9.98. The largest absolute Gasteiger partial charge is 0.275 e. The van der Waals surface area contributed by atoms with Gasteiger partial charge in [0.25, 0.3) is 0 Å². The number of H-pyrrole nitrogens is 1. The van der Waals surface area contributed by atoms with Crippen LogP contribution >= 0.6 is 0 Å². The van der Waals surface area contributed by atoms with Gasteiger partial charge in [0.15, 0.2) is 5.65 Å². The topological polar surface area (TPSA) is 65.4 Å².